The summed E-state index contributed by atoms with van der Waals surface area (Å²) in [5.74, 6) is 0.00164. The molecule has 0 aromatic carbocycles. The smallest absolute Gasteiger partial charge is 0.306 e. The number of carbonyl (C=O) groups is 3. The predicted octanol–water partition coefficient (Wildman–Crippen LogP) is 17.8. The normalized spacial score (nSPS) is 12.4. The number of carbonyl (C=O) groups excluding carboxylic acids is 3. The van der Waals surface area contributed by atoms with E-state index in [-0.39, 0.29) is 31.1 Å². The zero-order valence-electron chi connectivity index (χ0n) is 41.6. The van der Waals surface area contributed by atoms with Crippen LogP contribution in [0.2, 0.25) is 0 Å². The number of unbranched alkanes of at least 4 members (excludes halogenated alkanes) is 36. The van der Waals surface area contributed by atoms with E-state index >= 15 is 0 Å². The monoisotopic (exact) mass is 863 g/mol. The van der Waals surface area contributed by atoms with Gasteiger partial charge in [-0.25, -0.2) is 0 Å². The molecule has 6 nitrogen and oxygen atoms in total. The molecule has 0 saturated heterocycles. The average molecular weight is 863 g/mol. The van der Waals surface area contributed by atoms with E-state index in [1.54, 1.807) is 0 Å². The Labute approximate surface area is 380 Å². The summed E-state index contributed by atoms with van der Waals surface area (Å²) < 4.78 is 16.8. The highest BCUT2D eigenvalue weighted by molar-refractivity contribution is 5.71. The zero-order chi connectivity index (χ0) is 44.5. The van der Waals surface area contributed by atoms with E-state index in [9.17, 15) is 14.4 Å². The van der Waals surface area contributed by atoms with Crippen molar-refractivity contribution in [3.8, 4) is 0 Å². The molecule has 1 unspecified atom stereocenters. The van der Waals surface area contributed by atoms with Crippen LogP contribution >= 0.6 is 0 Å². The van der Waals surface area contributed by atoms with E-state index in [1.807, 2.05) is 0 Å². The first-order chi connectivity index (χ1) is 29.9. The molecule has 0 saturated carbocycles. The number of ether oxygens (including phenoxy) is 3. The quantitative estimate of drug-likeness (QED) is 0.0344. The summed E-state index contributed by atoms with van der Waals surface area (Å²) in [6.07, 6.45) is 52.3. The molecule has 61 heavy (non-hydrogen) atoms. The number of hydrogen-bond donors (Lipinski definition) is 0. The van der Waals surface area contributed by atoms with E-state index in [0.29, 0.717) is 19.3 Å². The maximum Gasteiger partial charge on any atom is 0.306 e. The van der Waals surface area contributed by atoms with Crippen molar-refractivity contribution in [2.75, 3.05) is 13.2 Å². The molecule has 362 valence electrons. The van der Waals surface area contributed by atoms with Gasteiger partial charge in [0.2, 0.25) is 0 Å². The third-order valence-electron chi connectivity index (χ3n) is 12.9. The fraction of sp³-hybridized carbons (Fsp3) is 0.945. The molecule has 0 amide bonds. The van der Waals surface area contributed by atoms with Crippen LogP contribution in [0, 0.1) is 5.92 Å². The van der Waals surface area contributed by atoms with Crippen molar-refractivity contribution in [2.24, 2.45) is 5.92 Å². The lowest BCUT2D eigenvalue weighted by Gasteiger charge is -2.18. The molecular formula is C55H106O6. The zero-order valence-corrected chi connectivity index (χ0v) is 41.6. The lowest BCUT2D eigenvalue weighted by Crippen LogP contribution is -2.30. The Morgan fingerprint density at radius 3 is 0.852 bits per heavy atom. The standard InChI is InChI=1S/C55H106O6/c1-5-8-10-12-14-16-18-20-21-22-23-24-25-26-28-30-35-39-43-47-54(57)60-50-52(61-55(58)48-44-40-36-32-31-33-37-41-45-51(4)7-3)49-59-53(56)46-42-38-34-29-27-19-17-15-13-11-9-6-2/h51-52H,5-50H2,1-4H3/t51?,52-/m0/s1. The summed E-state index contributed by atoms with van der Waals surface area (Å²) in [7, 11) is 0. The predicted molar refractivity (Wildman–Crippen MR) is 261 cm³/mol. The summed E-state index contributed by atoms with van der Waals surface area (Å²) in [6.45, 7) is 9.04. The molecule has 0 rings (SSSR count). The van der Waals surface area contributed by atoms with Crippen molar-refractivity contribution in [1.82, 2.24) is 0 Å². The molecule has 2 atom stereocenters. The van der Waals surface area contributed by atoms with Crippen molar-refractivity contribution in [3.63, 3.8) is 0 Å². The van der Waals surface area contributed by atoms with Gasteiger partial charge in [0, 0.05) is 19.3 Å². The van der Waals surface area contributed by atoms with Crippen molar-refractivity contribution in [3.05, 3.63) is 0 Å². The molecule has 6 heteroatoms. The van der Waals surface area contributed by atoms with Gasteiger partial charge in [0.1, 0.15) is 13.2 Å². The van der Waals surface area contributed by atoms with Gasteiger partial charge < -0.3 is 14.2 Å². The molecule has 0 aliphatic carbocycles. The van der Waals surface area contributed by atoms with Crippen LogP contribution in [0.3, 0.4) is 0 Å². The van der Waals surface area contributed by atoms with Crippen LogP contribution in [0.4, 0.5) is 0 Å². The lowest BCUT2D eigenvalue weighted by molar-refractivity contribution is -0.167. The molecule has 0 spiro atoms. The molecule has 0 aliphatic heterocycles. The molecule has 0 heterocycles. The van der Waals surface area contributed by atoms with E-state index in [2.05, 4.69) is 27.7 Å². The Balaban J connectivity index is 4.25. The number of rotatable bonds is 50. The first-order valence-electron chi connectivity index (χ1n) is 27.4. The van der Waals surface area contributed by atoms with Gasteiger partial charge in [-0.15, -0.1) is 0 Å². The highest BCUT2D eigenvalue weighted by Crippen LogP contribution is 2.18. The highest BCUT2D eigenvalue weighted by Gasteiger charge is 2.19. The number of hydrogen-bond acceptors (Lipinski definition) is 6. The summed E-state index contributed by atoms with van der Waals surface area (Å²) in [5, 5.41) is 0. The van der Waals surface area contributed by atoms with Crippen LogP contribution in [-0.4, -0.2) is 37.2 Å². The van der Waals surface area contributed by atoms with Crippen LogP contribution in [0.25, 0.3) is 0 Å². The van der Waals surface area contributed by atoms with Crippen LogP contribution < -0.4 is 0 Å². The van der Waals surface area contributed by atoms with Gasteiger partial charge in [-0.2, -0.15) is 0 Å². The SMILES string of the molecule is CCCCCCCCCCCCCCCCCCCCCC(=O)OC[C@H](COC(=O)CCCCCCCCCCCCCC)OC(=O)CCCCCCCCCCC(C)CC. The molecule has 0 N–H and O–H groups in total. The first-order valence-corrected chi connectivity index (χ1v) is 27.4. The summed E-state index contributed by atoms with van der Waals surface area (Å²) in [5.41, 5.74) is 0. The molecule has 0 bridgehead atoms. The Kier molecular flexibility index (Phi) is 48.1. The van der Waals surface area contributed by atoms with Gasteiger partial charge in [-0.1, -0.05) is 272 Å². The molecule has 0 aromatic heterocycles. The van der Waals surface area contributed by atoms with E-state index in [0.717, 1.165) is 63.7 Å². The molecule has 0 aromatic rings. The van der Waals surface area contributed by atoms with Gasteiger partial charge in [-0.3, -0.25) is 14.4 Å². The maximum atomic E-state index is 12.8. The largest absolute Gasteiger partial charge is 0.462 e. The van der Waals surface area contributed by atoms with Crippen LogP contribution in [-0.2, 0) is 28.6 Å². The molecule has 0 radical (unpaired) electrons. The summed E-state index contributed by atoms with van der Waals surface area (Å²) in [4.78, 5) is 38.0. The van der Waals surface area contributed by atoms with Crippen molar-refractivity contribution in [1.29, 1.82) is 0 Å². The first kappa shape index (κ1) is 59.4. The third kappa shape index (κ3) is 47.7. The van der Waals surface area contributed by atoms with Gasteiger partial charge in [-0.05, 0) is 25.2 Å². The highest BCUT2D eigenvalue weighted by atomic mass is 16.6. The van der Waals surface area contributed by atoms with Gasteiger partial charge in [0.25, 0.3) is 0 Å². The van der Waals surface area contributed by atoms with Crippen molar-refractivity contribution in [2.45, 2.75) is 316 Å². The van der Waals surface area contributed by atoms with Crippen molar-refractivity contribution < 1.29 is 28.6 Å². The van der Waals surface area contributed by atoms with E-state index in [4.69, 9.17) is 14.2 Å². The van der Waals surface area contributed by atoms with E-state index < -0.39 is 6.10 Å². The minimum Gasteiger partial charge on any atom is -0.462 e. The fourth-order valence-electron chi connectivity index (χ4n) is 8.36. The van der Waals surface area contributed by atoms with Crippen LogP contribution in [0.1, 0.15) is 310 Å². The summed E-state index contributed by atoms with van der Waals surface area (Å²) >= 11 is 0. The Bertz CT molecular complexity index is 920. The third-order valence-corrected chi connectivity index (χ3v) is 12.9. The second kappa shape index (κ2) is 49.4. The lowest BCUT2D eigenvalue weighted by atomic mass is 9.99. The minimum absolute atomic E-state index is 0.0629. The van der Waals surface area contributed by atoms with Crippen molar-refractivity contribution >= 4 is 17.9 Å². The van der Waals surface area contributed by atoms with Gasteiger partial charge in [0.05, 0.1) is 0 Å². The Morgan fingerprint density at radius 2 is 0.574 bits per heavy atom. The molecular weight excluding hydrogens is 757 g/mol. The second-order valence-electron chi connectivity index (χ2n) is 19.1. The fourth-order valence-corrected chi connectivity index (χ4v) is 8.36. The Hall–Kier alpha value is -1.59. The molecule has 0 aliphatic rings. The Morgan fingerprint density at radius 1 is 0.328 bits per heavy atom. The van der Waals surface area contributed by atoms with Crippen LogP contribution in [0.5, 0.6) is 0 Å². The van der Waals surface area contributed by atoms with Crippen LogP contribution in [0.15, 0.2) is 0 Å². The average Bonchev–Trinajstić information content (AvgIpc) is 3.26. The second-order valence-corrected chi connectivity index (χ2v) is 19.1. The summed E-state index contributed by atoms with van der Waals surface area (Å²) in [6, 6.07) is 0. The number of esters is 3. The minimum atomic E-state index is -0.761. The van der Waals surface area contributed by atoms with E-state index in [1.165, 1.54) is 205 Å². The van der Waals surface area contributed by atoms with Gasteiger partial charge in [0.15, 0.2) is 6.10 Å². The molecule has 0 fully saturated rings. The van der Waals surface area contributed by atoms with Gasteiger partial charge >= 0.3 is 17.9 Å². The topological polar surface area (TPSA) is 78.9 Å². The maximum absolute atomic E-state index is 12.8.